The molecule has 0 N–H and O–H groups in total. The van der Waals surface area contributed by atoms with E-state index < -0.39 is 11.9 Å². The number of Topliss-reactive ketones (excluding diaryl/α,β-unsaturated/α-hetero) is 1. The van der Waals surface area contributed by atoms with Crippen molar-refractivity contribution in [1.82, 2.24) is 0 Å². The van der Waals surface area contributed by atoms with Gasteiger partial charge < -0.3 is 4.74 Å². The van der Waals surface area contributed by atoms with Gasteiger partial charge in [-0.2, -0.15) is 0 Å². The third-order valence-corrected chi connectivity index (χ3v) is 3.67. The number of esters is 1. The van der Waals surface area contributed by atoms with Crippen LogP contribution < -0.4 is 0 Å². The summed E-state index contributed by atoms with van der Waals surface area (Å²) in [5.74, 6) is -1.64. The number of halogens is 2. The molecule has 20 heavy (non-hydrogen) atoms. The van der Waals surface area contributed by atoms with Gasteiger partial charge in [0.15, 0.2) is 5.78 Å². The minimum absolute atomic E-state index is 0.0279. The molecule has 1 aromatic rings. The van der Waals surface area contributed by atoms with Gasteiger partial charge in [-0.05, 0) is 30.5 Å². The molecular weight excluding hydrogens is 299 g/mol. The fourth-order valence-electron chi connectivity index (χ4n) is 1.99. The van der Waals surface area contributed by atoms with Crippen LogP contribution in [0.4, 0.5) is 0 Å². The van der Waals surface area contributed by atoms with E-state index in [9.17, 15) is 9.59 Å². The van der Waals surface area contributed by atoms with Gasteiger partial charge in [0, 0.05) is 16.5 Å². The number of hydrogen-bond acceptors (Lipinski definition) is 3. The first kappa shape index (κ1) is 17.0. The molecule has 0 radical (unpaired) electrons. The molecule has 0 spiro atoms. The predicted molar refractivity (Wildman–Crippen MR) is 80.1 cm³/mol. The van der Waals surface area contributed by atoms with E-state index in [2.05, 4.69) is 0 Å². The molecule has 0 saturated carbocycles. The van der Waals surface area contributed by atoms with Crippen LogP contribution in [0.15, 0.2) is 18.2 Å². The average molecular weight is 317 g/mol. The van der Waals surface area contributed by atoms with E-state index in [1.165, 1.54) is 0 Å². The van der Waals surface area contributed by atoms with E-state index in [-0.39, 0.29) is 24.7 Å². The molecule has 0 aromatic heterocycles. The number of carbonyl (C=O) groups is 2. The molecule has 0 amide bonds. The lowest BCUT2D eigenvalue weighted by molar-refractivity contribution is -0.153. The van der Waals surface area contributed by atoms with Gasteiger partial charge in [-0.3, -0.25) is 9.59 Å². The highest BCUT2D eigenvalue weighted by Gasteiger charge is 2.31. The number of hydrogen-bond donors (Lipinski definition) is 0. The Morgan fingerprint density at radius 1 is 1.20 bits per heavy atom. The molecule has 0 saturated heterocycles. The minimum atomic E-state index is -0.790. The maximum Gasteiger partial charge on any atom is 0.316 e. The molecule has 0 aliphatic rings. The molecule has 1 aromatic carbocycles. The zero-order valence-electron chi connectivity index (χ0n) is 11.8. The fraction of sp³-hybridized carbons (Fsp3) is 0.467. The van der Waals surface area contributed by atoms with Gasteiger partial charge in [0.05, 0.1) is 6.61 Å². The first-order valence-corrected chi connectivity index (χ1v) is 7.26. The Hall–Kier alpha value is -1.06. The summed E-state index contributed by atoms with van der Waals surface area (Å²) < 4.78 is 4.96. The smallest absolute Gasteiger partial charge is 0.316 e. The highest BCUT2D eigenvalue weighted by molar-refractivity contribution is 6.36. The van der Waals surface area contributed by atoms with Gasteiger partial charge in [0.1, 0.15) is 5.92 Å². The molecule has 1 unspecified atom stereocenters. The molecule has 0 aliphatic heterocycles. The Morgan fingerprint density at radius 3 is 2.20 bits per heavy atom. The second-order valence-electron chi connectivity index (χ2n) is 4.82. The third kappa shape index (κ3) is 4.22. The van der Waals surface area contributed by atoms with Crippen LogP contribution in [0.2, 0.25) is 10.0 Å². The summed E-state index contributed by atoms with van der Waals surface area (Å²) in [6, 6.07) is 5.06. The maximum atomic E-state index is 12.4. The summed E-state index contributed by atoms with van der Waals surface area (Å²) >= 11 is 12.1. The van der Waals surface area contributed by atoms with Gasteiger partial charge in [-0.15, -0.1) is 0 Å². The Balaban J connectivity index is 2.95. The topological polar surface area (TPSA) is 43.4 Å². The average Bonchev–Trinajstić information content (AvgIpc) is 2.34. The standard InChI is InChI=1S/C15H18Cl2O3/c1-4-20-15(19)14(9(2)3)13(18)8-10-11(16)6-5-7-12(10)17/h5-7,9,14H,4,8H2,1-3H3. The van der Waals surface area contributed by atoms with E-state index in [4.69, 9.17) is 27.9 Å². The van der Waals surface area contributed by atoms with Gasteiger partial charge in [0.25, 0.3) is 0 Å². The van der Waals surface area contributed by atoms with E-state index in [1.54, 1.807) is 25.1 Å². The summed E-state index contributed by atoms with van der Waals surface area (Å²) in [4.78, 5) is 24.2. The van der Waals surface area contributed by atoms with Crippen LogP contribution in [0.5, 0.6) is 0 Å². The van der Waals surface area contributed by atoms with Gasteiger partial charge >= 0.3 is 5.97 Å². The highest BCUT2D eigenvalue weighted by Crippen LogP contribution is 2.27. The lowest BCUT2D eigenvalue weighted by Gasteiger charge is -2.18. The van der Waals surface area contributed by atoms with E-state index in [1.807, 2.05) is 13.8 Å². The van der Waals surface area contributed by atoms with Crippen molar-refractivity contribution in [2.45, 2.75) is 27.2 Å². The van der Waals surface area contributed by atoms with Crippen LogP contribution in [-0.4, -0.2) is 18.4 Å². The number of ketones is 1. The Kier molecular flexibility index (Phi) is 6.50. The molecule has 0 aliphatic carbocycles. The lowest BCUT2D eigenvalue weighted by Crippen LogP contribution is -2.32. The largest absolute Gasteiger partial charge is 0.465 e. The minimum Gasteiger partial charge on any atom is -0.465 e. The maximum absolute atomic E-state index is 12.4. The molecule has 5 heteroatoms. The molecule has 0 bridgehead atoms. The third-order valence-electron chi connectivity index (χ3n) is 2.97. The van der Waals surface area contributed by atoms with Crippen molar-refractivity contribution in [2.24, 2.45) is 11.8 Å². The van der Waals surface area contributed by atoms with Gasteiger partial charge in [-0.1, -0.05) is 43.1 Å². The van der Waals surface area contributed by atoms with Crippen molar-refractivity contribution >= 4 is 35.0 Å². The second kappa shape index (κ2) is 7.65. The van der Waals surface area contributed by atoms with Crippen molar-refractivity contribution in [3.05, 3.63) is 33.8 Å². The number of carbonyl (C=O) groups excluding carboxylic acids is 2. The van der Waals surface area contributed by atoms with E-state index in [0.717, 1.165) is 0 Å². The monoisotopic (exact) mass is 316 g/mol. The summed E-state index contributed by atoms with van der Waals surface area (Å²) in [5, 5.41) is 0.856. The summed E-state index contributed by atoms with van der Waals surface area (Å²) in [7, 11) is 0. The number of rotatable bonds is 6. The van der Waals surface area contributed by atoms with Crippen molar-refractivity contribution in [3.63, 3.8) is 0 Å². The van der Waals surface area contributed by atoms with E-state index in [0.29, 0.717) is 15.6 Å². The van der Waals surface area contributed by atoms with Crippen LogP contribution in [0.1, 0.15) is 26.3 Å². The predicted octanol–water partition coefficient (Wildman–Crippen LogP) is 3.94. The molecule has 0 heterocycles. The van der Waals surface area contributed by atoms with Crippen LogP contribution in [0.25, 0.3) is 0 Å². The first-order chi connectivity index (χ1) is 9.38. The molecular formula is C15H18Cl2O3. The van der Waals surface area contributed by atoms with Crippen molar-refractivity contribution in [2.75, 3.05) is 6.61 Å². The fourth-order valence-corrected chi connectivity index (χ4v) is 2.52. The highest BCUT2D eigenvalue weighted by atomic mass is 35.5. The summed E-state index contributed by atoms with van der Waals surface area (Å²) in [6.45, 7) is 5.59. The molecule has 110 valence electrons. The molecule has 1 rings (SSSR count). The van der Waals surface area contributed by atoms with Crippen molar-refractivity contribution in [3.8, 4) is 0 Å². The van der Waals surface area contributed by atoms with E-state index >= 15 is 0 Å². The number of ether oxygens (including phenoxy) is 1. The lowest BCUT2D eigenvalue weighted by atomic mass is 9.88. The van der Waals surface area contributed by atoms with Crippen LogP contribution in [0, 0.1) is 11.8 Å². The summed E-state index contributed by atoms with van der Waals surface area (Å²) in [6.07, 6.45) is 0.0279. The quantitative estimate of drug-likeness (QED) is 0.589. The molecule has 1 atom stereocenters. The normalized spacial score (nSPS) is 12.3. The SMILES string of the molecule is CCOC(=O)C(C(=O)Cc1c(Cl)cccc1Cl)C(C)C. The Bertz CT molecular complexity index is 478. The zero-order chi connectivity index (χ0) is 15.3. The molecule has 3 nitrogen and oxygen atoms in total. The van der Waals surface area contributed by atoms with Gasteiger partial charge in [-0.25, -0.2) is 0 Å². The zero-order valence-corrected chi connectivity index (χ0v) is 13.3. The van der Waals surface area contributed by atoms with Gasteiger partial charge in [0.2, 0.25) is 0 Å². The van der Waals surface area contributed by atoms with Crippen LogP contribution in [0.3, 0.4) is 0 Å². The molecule has 0 fully saturated rings. The van der Waals surface area contributed by atoms with Crippen molar-refractivity contribution < 1.29 is 14.3 Å². The number of benzene rings is 1. The first-order valence-electron chi connectivity index (χ1n) is 6.50. The Morgan fingerprint density at radius 2 is 1.75 bits per heavy atom. The van der Waals surface area contributed by atoms with Crippen LogP contribution >= 0.6 is 23.2 Å². The summed E-state index contributed by atoms with van der Waals surface area (Å²) in [5.41, 5.74) is 0.552. The second-order valence-corrected chi connectivity index (χ2v) is 5.63. The van der Waals surface area contributed by atoms with Crippen LogP contribution in [-0.2, 0) is 20.7 Å². The van der Waals surface area contributed by atoms with Crippen molar-refractivity contribution in [1.29, 1.82) is 0 Å². The Labute approximate surface area is 129 Å².